The summed E-state index contributed by atoms with van der Waals surface area (Å²) in [6.45, 7) is 6.91. The SMILES string of the molecule is CCC(CC)NC(=O)N(C)Cc1ccccc1C. The third-order valence-corrected chi connectivity index (χ3v) is 3.33. The lowest BCUT2D eigenvalue weighted by Crippen LogP contribution is -2.42. The van der Waals surface area contributed by atoms with Crippen molar-refractivity contribution >= 4 is 6.03 Å². The van der Waals surface area contributed by atoms with Crippen molar-refractivity contribution in [3.63, 3.8) is 0 Å². The van der Waals surface area contributed by atoms with E-state index in [1.807, 2.05) is 19.2 Å². The molecule has 1 aromatic carbocycles. The number of rotatable bonds is 5. The molecule has 0 fully saturated rings. The minimum atomic E-state index is 0.00644. The van der Waals surface area contributed by atoms with Crippen molar-refractivity contribution in [3.05, 3.63) is 35.4 Å². The molecule has 0 aromatic heterocycles. The molecule has 3 heteroatoms. The molecule has 0 aliphatic heterocycles. The third-order valence-electron chi connectivity index (χ3n) is 3.33. The van der Waals surface area contributed by atoms with Gasteiger partial charge in [-0.3, -0.25) is 0 Å². The molecule has 0 saturated heterocycles. The van der Waals surface area contributed by atoms with E-state index in [4.69, 9.17) is 0 Å². The molecule has 0 aliphatic rings. The van der Waals surface area contributed by atoms with Gasteiger partial charge >= 0.3 is 6.03 Å². The smallest absolute Gasteiger partial charge is 0.317 e. The first-order chi connectivity index (χ1) is 8.58. The normalized spacial score (nSPS) is 10.5. The molecule has 3 nitrogen and oxygen atoms in total. The molecule has 100 valence electrons. The first-order valence-corrected chi connectivity index (χ1v) is 6.64. The van der Waals surface area contributed by atoms with Crippen LogP contribution in [0.1, 0.15) is 37.8 Å². The van der Waals surface area contributed by atoms with Gasteiger partial charge in [0.15, 0.2) is 0 Å². The molecule has 0 saturated carbocycles. The van der Waals surface area contributed by atoms with Crippen molar-refractivity contribution in [2.24, 2.45) is 0 Å². The molecule has 1 rings (SSSR count). The van der Waals surface area contributed by atoms with Gasteiger partial charge in [0, 0.05) is 19.6 Å². The van der Waals surface area contributed by atoms with Crippen molar-refractivity contribution < 1.29 is 4.79 Å². The molecule has 0 atom stereocenters. The van der Waals surface area contributed by atoms with Crippen LogP contribution in [0.5, 0.6) is 0 Å². The summed E-state index contributed by atoms with van der Waals surface area (Å²) in [6, 6.07) is 8.44. The molecule has 0 aliphatic carbocycles. The number of carbonyl (C=O) groups is 1. The van der Waals surface area contributed by atoms with Gasteiger partial charge < -0.3 is 10.2 Å². The Kier molecular flexibility index (Phi) is 5.69. The van der Waals surface area contributed by atoms with E-state index in [0.717, 1.165) is 12.8 Å². The second-order valence-corrected chi connectivity index (χ2v) is 4.75. The molecule has 1 aromatic rings. The summed E-state index contributed by atoms with van der Waals surface area (Å²) in [5.41, 5.74) is 2.42. The lowest BCUT2D eigenvalue weighted by molar-refractivity contribution is 0.201. The van der Waals surface area contributed by atoms with E-state index < -0.39 is 0 Å². The number of benzene rings is 1. The Morgan fingerprint density at radius 2 is 1.89 bits per heavy atom. The van der Waals surface area contributed by atoms with E-state index in [1.165, 1.54) is 11.1 Å². The fourth-order valence-corrected chi connectivity index (χ4v) is 1.89. The van der Waals surface area contributed by atoms with Gasteiger partial charge in [-0.05, 0) is 30.9 Å². The zero-order valence-electron chi connectivity index (χ0n) is 11.9. The molecular formula is C15H24N2O. The van der Waals surface area contributed by atoms with Gasteiger partial charge in [-0.15, -0.1) is 0 Å². The fraction of sp³-hybridized carbons (Fsp3) is 0.533. The lowest BCUT2D eigenvalue weighted by atomic mass is 10.1. The predicted octanol–water partition coefficient (Wildman–Crippen LogP) is 3.33. The van der Waals surface area contributed by atoms with Gasteiger partial charge in [-0.25, -0.2) is 4.79 Å². The first kappa shape index (κ1) is 14.6. The molecule has 0 radical (unpaired) electrons. The first-order valence-electron chi connectivity index (χ1n) is 6.64. The minimum Gasteiger partial charge on any atom is -0.335 e. The number of nitrogens with zero attached hydrogens (tertiary/aromatic N) is 1. The van der Waals surface area contributed by atoms with Crippen LogP contribution in [0.4, 0.5) is 4.79 Å². The van der Waals surface area contributed by atoms with E-state index in [0.29, 0.717) is 6.54 Å². The van der Waals surface area contributed by atoms with Gasteiger partial charge in [-0.1, -0.05) is 38.1 Å². The van der Waals surface area contributed by atoms with E-state index in [2.05, 4.69) is 38.2 Å². The van der Waals surface area contributed by atoms with Gasteiger partial charge in [0.1, 0.15) is 0 Å². The summed E-state index contributed by atoms with van der Waals surface area (Å²) >= 11 is 0. The number of hydrogen-bond donors (Lipinski definition) is 1. The van der Waals surface area contributed by atoms with Gasteiger partial charge in [0.25, 0.3) is 0 Å². The molecule has 0 heterocycles. The van der Waals surface area contributed by atoms with Crippen LogP contribution in [-0.2, 0) is 6.54 Å². The van der Waals surface area contributed by atoms with Crippen molar-refractivity contribution in [2.45, 2.75) is 46.2 Å². The second kappa shape index (κ2) is 7.04. The van der Waals surface area contributed by atoms with Crippen molar-refractivity contribution in [3.8, 4) is 0 Å². The van der Waals surface area contributed by atoms with Crippen LogP contribution in [0.25, 0.3) is 0 Å². The quantitative estimate of drug-likeness (QED) is 0.851. The van der Waals surface area contributed by atoms with E-state index >= 15 is 0 Å². The summed E-state index contributed by atoms with van der Waals surface area (Å²) in [6.07, 6.45) is 1.95. The number of amides is 2. The zero-order valence-corrected chi connectivity index (χ0v) is 11.9. The van der Waals surface area contributed by atoms with Gasteiger partial charge in [-0.2, -0.15) is 0 Å². The van der Waals surface area contributed by atoms with Gasteiger partial charge in [0.05, 0.1) is 0 Å². The second-order valence-electron chi connectivity index (χ2n) is 4.75. The average molecular weight is 248 g/mol. The van der Waals surface area contributed by atoms with E-state index in [9.17, 15) is 4.79 Å². The number of aryl methyl sites for hydroxylation is 1. The largest absolute Gasteiger partial charge is 0.335 e. The predicted molar refractivity (Wildman–Crippen MR) is 75.5 cm³/mol. The maximum atomic E-state index is 12.0. The van der Waals surface area contributed by atoms with E-state index in [1.54, 1.807) is 4.90 Å². The molecule has 18 heavy (non-hydrogen) atoms. The third kappa shape index (κ3) is 4.06. The summed E-state index contributed by atoms with van der Waals surface area (Å²) in [5, 5.41) is 3.04. The van der Waals surface area contributed by atoms with Crippen molar-refractivity contribution in [1.29, 1.82) is 0 Å². The van der Waals surface area contributed by atoms with Crippen LogP contribution in [0.15, 0.2) is 24.3 Å². The minimum absolute atomic E-state index is 0.00644. The van der Waals surface area contributed by atoms with Crippen LogP contribution in [0.3, 0.4) is 0 Å². The van der Waals surface area contributed by atoms with Crippen LogP contribution in [0.2, 0.25) is 0 Å². The Balaban J connectivity index is 2.57. The summed E-state index contributed by atoms with van der Waals surface area (Å²) < 4.78 is 0. The zero-order chi connectivity index (χ0) is 13.5. The number of nitrogens with one attached hydrogen (secondary N) is 1. The lowest BCUT2D eigenvalue weighted by Gasteiger charge is -2.22. The fourth-order valence-electron chi connectivity index (χ4n) is 1.89. The molecule has 0 bridgehead atoms. The Bertz CT molecular complexity index is 386. The van der Waals surface area contributed by atoms with Crippen LogP contribution in [0, 0.1) is 6.92 Å². The highest BCUT2D eigenvalue weighted by atomic mass is 16.2. The Hall–Kier alpha value is -1.51. The van der Waals surface area contributed by atoms with Crippen LogP contribution in [-0.4, -0.2) is 24.0 Å². The van der Waals surface area contributed by atoms with Crippen LogP contribution >= 0.6 is 0 Å². The highest BCUT2D eigenvalue weighted by Gasteiger charge is 2.13. The topological polar surface area (TPSA) is 32.3 Å². The molecule has 0 spiro atoms. The Morgan fingerprint density at radius 3 is 2.44 bits per heavy atom. The van der Waals surface area contributed by atoms with E-state index in [-0.39, 0.29) is 12.1 Å². The van der Waals surface area contributed by atoms with Crippen molar-refractivity contribution in [1.82, 2.24) is 10.2 Å². The molecule has 1 N–H and O–H groups in total. The standard InChI is InChI=1S/C15H24N2O/c1-5-14(6-2)16-15(18)17(4)11-13-10-8-7-9-12(13)3/h7-10,14H,5-6,11H2,1-4H3,(H,16,18). The highest BCUT2D eigenvalue weighted by Crippen LogP contribution is 2.09. The monoisotopic (exact) mass is 248 g/mol. The number of hydrogen-bond acceptors (Lipinski definition) is 1. The Morgan fingerprint density at radius 1 is 1.28 bits per heavy atom. The molecule has 0 unspecified atom stereocenters. The highest BCUT2D eigenvalue weighted by molar-refractivity contribution is 5.74. The molecule has 2 amide bonds. The Labute approximate surface area is 110 Å². The average Bonchev–Trinajstić information content (AvgIpc) is 2.38. The summed E-state index contributed by atoms with van der Waals surface area (Å²) in [4.78, 5) is 13.7. The maximum Gasteiger partial charge on any atom is 0.317 e. The van der Waals surface area contributed by atoms with Crippen molar-refractivity contribution in [2.75, 3.05) is 7.05 Å². The number of urea groups is 1. The number of carbonyl (C=O) groups excluding carboxylic acids is 1. The van der Waals surface area contributed by atoms with Crippen LogP contribution < -0.4 is 5.32 Å². The summed E-state index contributed by atoms with van der Waals surface area (Å²) in [7, 11) is 1.84. The van der Waals surface area contributed by atoms with Gasteiger partial charge in [0.2, 0.25) is 0 Å². The molecular weight excluding hydrogens is 224 g/mol. The maximum absolute atomic E-state index is 12.0. The summed E-state index contributed by atoms with van der Waals surface area (Å²) in [5.74, 6) is 0.